The standard InChI is InChI=1S/C31H28ClNO5/c1-36-26-13-14-29(27(17-26)31(34)35)38-19-30(37-18-21-5-6-21)23-4-2-3-20(15-23)7-11-25-12-9-22-8-10-24(32)16-28(22)33-25/h2-4,7-17,21,30H,5-6,18-19H2,1H3,(H,34,35)/b11-7+/t30-/m1/s1. The van der Waals surface area contributed by atoms with E-state index in [0.717, 1.165) is 27.7 Å². The zero-order valence-corrected chi connectivity index (χ0v) is 21.7. The molecule has 1 aliphatic rings. The highest BCUT2D eigenvalue weighted by Gasteiger charge is 2.25. The molecule has 1 atom stereocenters. The van der Waals surface area contributed by atoms with Crippen molar-refractivity contribution in [3.05, 3.63) is 100 Å². The van der Waals surface area contributed by atoms with E-state index in [0.29, 0.717) is 23.3 Å². The van der Waals surface area contributed by atoms with E-state index in [1.54, 1.807) is 12.1 Å². The highest BCUT2D eigenvalue weighted by molar-refractivity contribution is 6.31. The van der Waals surface area contributed by atoms with Crippen LogP contribution in [-0.2, 0) is 4.74 Å². The zero-order valence-electron chi connectivity index (χ0n) is 21.0. The van der Waals surface area contributed by atoms with Crippen LogP contribution in [0.15, 0.2) is 72.8 Å². The summed E-state index contributed by atoms with van der Waals surface area (Å²) in [5.74, 6) is 0.228. The van der Waals surface area contributed by atoms with Crippen molar-refractivity contribution in [2.45, 2.75) is 18.9 Å². The van der Waals surface area contributed by atoms with Gasteiger partial charge in [-0.1, -0.05) is 48.0 Å². The Bertz CT molecular complexity index is 1480. The Morgan fingerprint density at radius 1 is 1.08 bits per heavy atom. The Hall–Kier alpha value is -3.87. The molecule has 0 spiro atoms. The number of carboxylic acids is 1. The number of halogens is 1. The summed E-state index contributed by atoms with van der Waals surface area (Å²) in [5.41, 5.74) is 3.67. The van der Waals surface area contributed by atoms with Gasteiger partial charge in [-0.25, -0.2) is 9.78 Å². The predicted molar refractivity (Wildman–Crippen MR) is 149 cm³/mol. The number of nitrogens with zero attached hydrogens (tertiary/aromatic N) is 1. The molecule has 0 unspecified atom stereocenters. The van der Waals surface area contributed by atoms with Crippen molar-refractivity contribution < 1.29 is 24.1 Å². The van der Waals surface area contributed by atoms with Gasteiger partial charge in [-0.3, -0.25) is 0 Å². The first kappa shape index (κ1) is 25.8. The maximum absolute atomic E-state index is 11.8. The fourth-order valence-electron chi connectivity index (χ4n) is 4.12. The maximum Gasteiger partial charge on any atom is 0.339 e. The van der Waals surface area contributed by atoms with Gasteiger partial charge >= 0.3 is 5.97 Å². The molecule has 1 aromatic heterocycles. The quantitative estimate of drug-likeness (QED) is 0.219. The first-order valence-electron chi connectivity index (χ1n) is 12.5. The molecule has 0 amide bonds. The van der Waals surface area contributed by atoms with Crippen LogP contribution in [0.1, 0.15) is 46.1 Å². The highest BCUT2D eigenvalue weighted by Crippen LogP contribution is 2.32. The van der Waals surface area contributed by atoms with Crippen LogP contribution in [0, 0.1) is 5.92 Å². The van der Waals surface area contributed by atoms with E-state index in [2.05, 4.69) is 11.1 Å². The third-order valence-corrected chi connectivity index (χ3v) is 6.68. The minimum Gasteiger partial charge on any atom is -0.497 e. The van der Waals surface area contributed by atoms with Crippen LogP contribution in [0.5, 0.6) is 11.5 Å². The van der Waals surface area contributed by atoms with E-state index in [1.807, 2.05) is 60.7 Å². The molecule has 5 rings (SSSR count). The number of fused-ring (bicyclic) bond motifs is 1. The third kappa shape index (κ3) is 6.52. The molecule has 1 N–H and O–H groups in total. The van der Waals surface area contributed by atoms with Gasteiger partial charge in [0, 0.05) is 10.4 Å². The smallest absolute Gasteiger partial charge is 0.339 e. The second kappa shape index (κ2) is 11.7. The molecular formula is C31H28ClNO5. The molecule has 1 saturated carbocycles. The van der Waals surface area contributed by atoms with E-state index in [-0.39, 0.29) is 24.0 Å². The number of aromatic carboxylic acids is 1. The summed E-state index contributed by atoms with van der Waals surface area (Å²) < 4.78 is 17.4. The van der Waals surface area contributed by atoms with Gasteiger partial charge in [-0.2, -0.15) is 0 Å². The fraction of sp³-hybridized carbons (Fsp3) is 0.226. The van der Waals surface area contributed by atoms with Gasteiger partial charge in [0.15, 0.2) is 0 Å². The van der Waals surface area contributed by atoms with Crippen molar-refractivity contribution in [3.63, 3.8) is 0 Å². The Balaban J connectivity index is 1.34. The summed E-state index contributed by atoms with van der Waals surface area (Å²) >= 11 is 6.13. The van der Waals surface area contributed by atoms with Crippen molar-refractivity contribution in [1.82, 2.24) is 4.98 Å². The minimum atomic E-state index is -1.08. The van der Waals surface area contributed by atoms with Gasteiger partial charge in [-0.05, 0) is 78.4 Å². The summed E-state index contributed by atoms with van der Waals surface area (Å²) in [6, 6.07) is 22.5. The SMILES string of the molecule is COc1ccc(OC[C@@H](OCC2CC2)c2cccc(/C=C/c3ccc4ccc(Cl)cc4n3)c2)c(C(=O)O)c1. The number of pyridine rings is 1. The minimum absolute atomic E-state index is 0.0474. The van der Waals surface area contributed by atoms with Gasteiger partial charge in [0.2, 0.25) is 0 Å². The van der Waals surface area contributed by atoms with Crippen molar-refractivity contribution in [2.75, 3.05) is 20.3 Å². The van der Waals surface area contributed by atoms with Crippen LogP contribution >= 0.6 is 11.6 Å². The number of hydrogen-bond donors (Lipinski definition) is 1. The lowest BCUT2D eigenvalue weighted by molar-refractivity contribution is 0.0128. The average Bonchev–Trinajstić information content (AvgIpc) is 3.76. The molecule has 7 heteroatoms. The van der Waals surface area contributed by atoms with Gasteiger partial charge in [0.05, 0.1) is 24.9 Å². The van der Waals surface area contributed by atoms with E-state index in [1.165, 1.54) is 26.0 Å². The largest absolute Gasteiger partial charge is 0.497 e. The lowest BCUT2D eigenvalue weighted by atomic mass is 10.1. The predicted octanol–water partition coefficient (Wildman–Crippen LogP) is 7.31. The first-order valence-corrected chi connectivity index (χ1v) is 12.9. The first-order chi connectivity index (χ1) is 18.5. The van der Waals surface area contributed by atoms with Crippen molar-refractivity contribution in [1.29, 1.82) is 0 Å². The molecule has 0 aliphatic heterocycles. The molecule has 0 saturated heterocycles. The second-order valence-electron chi connectivity index (χ2n) is 9.32. The molecule has 38 heavy (non-hydrogen) atoms. The molecule has 1 aliphatic carbocycles. The van der Waals surface area contributed by atoms with E-state index in [9.17, 15) is 9.90 Å². The Morgan fingerprint density at radius 2 is 1.92 bits per heavy atom. The molecule has 0 radical (unpaired) electrons. The lowest BCUT2D eigenvalue weighted by Gasteiger charge is -2.20. The number of carbonyl (C=O) groups is 1. The van der Waals surface area contributed by atoms with E-state index < -0.39 is 5.97 Å². The molecule has 6 nitrogen and oxygen atoms in total. The number of aromatic nitrogens is 1. The number of rotatable bonds is 11. The Labute approximate surface area is 226 Å². The summed E-state index contributed by atoms with van der Waals surface area (Å²) in [6.07, 6.45) is 5.96. The lowest BCUT2D eigenvalue weighted by Crippen LogP contribution is -2.16. The summed E-state index contributed by atoms with van der Waals surface area (Å²) in [7, 11) is 1.50. The zero-order chi connectivity index (χ0) is 26.5. The van der Waals surface area contributed by atoms with Crippen LogP contribution < -0.4 is 9.47 Å². The topological polar surface area (TPSA) is 77.9 Å². The Morgan fingerprint density at radius 3 is 2.71 bits per heavy atom. The third-order valence-electron chi connectivity index (χ3n) is 6.44. The maximum atomic E-state index is 11.8. The van der Waals surface area contributed by atoms with Crippen LogP contribution in [-0.4, -0.2) is 36.4 Å². The molecular weight excluding hydrogens is 502 g/mol. The highest BCUT2D eigenvalue weighted by atomic mass is 35.5. The van der Waals surface area contributed by atoms with Gasteiger partial charge in [0.1, 0.15) is 29.8 Å². The van der Waals surface area contributed by atoms with Crippen LogP contribution in [0.3, 0.4) is 0 Å². The average molecular weight is 530 g/mol. The van der Waals surface area contributed by atoms with Gasteiger partial charge < -0.3 is 19.3 Å². The van der Waals surface area contributed by atoms with Crippen LogP contribution in [0.2, 0.25) is 5.02 Å². The number of benzene rings is 3. The van der Waals surface area contributed by atoms with E-state index in [4.69, 9.17) is 25.8 Å². The molecule has 194 valence electrons. The number of carboxylic acid groups (broad SMARTS) is 1. The number of ether oxygens (including phenoxy) is 3. The second-order valence-corrected chi connectivity index (χ2v) is 9.76. The number of methoxy groups -OCH3 is 1. The normalized spacial score (nSPS) is 14.1. The summed E-state index contributed by atoms with van der Waals surface area (Å²) in [5, 5.41) is 11.3. The fourth-order valence-corrected chi connectivity index (χ4v) is 4.28. The molecule has 4 aromatic rings. The van der Waals surface area contributed by atoms with Crippen LogP contribution in [0.4, 0.5) is 0 Å². The van der Waals surface area contributed by atoms with E-state index >= 15 is 0 Å². The molecule has 3 aromatic carbocycles. The van der Waals surface area contributed by atoms with Gasteiger partial charge in [-0.15, -0.1) is 0 Å². The van der Waals surface area contributed by atoms with Crippen LogP contribution in [0.25, 0.3) is 23.1 Å². The Kier molecular flexibility index (Phi) is 7.91. The monoisotopic (exact) mass is 529 g/mol. The van der Waals surface area contributed by atoms with Crippen molar-refractivity contribution in [2.24, 2.45) is 5.92 Å². The molecule has 0 bridgehead atoms. The number of hydrogen-bond acceptors (Lipinski definition) is 5. The molecule has 1 fully saturated rings. The summed E-state index contributed by atoms with van der Waals surface area (Å²) in [6.45, 7) is 0.825. The van der Waals surface area contributed by atoms with Crippen molar-refractivity contribution >= 4 is 40.6 Å². The van der Waals surface area contributed by atoms with Gasteiger partial charge in [0.25, 0.3) is 0 Å². The van der Waals surface area contributed by atoms with Crippen molar-refractivity contribution in [3.8, 4) is 11.5 Å². The summed E-state index contributed by atoms with van der Waals surface area (Å²) in [4.78, 5) is 16.5. The molecule has 1 heterocycles.